The Hall–Kier alpha value is -1.33. The molecule has 2 rings (SSSR count). The number of thiophene rings is 1. The van der Waals surface area contributed by atoms with Crippen molar-refractivity contribution < 1.29 is 4.74 Å². The number of nitrogens with zero attached hydrogens (tertiary/aromatic N) is 2. The highest BCUT2D eigenvalue weighted by atomic mass is 32.1. The van der Waals surface area contributed by atoms with Crippen LogP contribution in [0.2, 0.25) is 0 Å². The van der Waals surface area contributed by atoms with E-state index >= 15 is 0 Å². The predicted molar refractivity (Wildman–Crippen MR) is 89.2 cm³/mol. The molecule has 2 heterocycles. The lowest BCUT2D eigenvalue weighted by atomic mass is 10.1. The Kier molecular flexibility index (Phi) is 5.82. The summed E-state index contributed by atoms with van der Waals surface area (Å²) in [5.41, 5.74) is 1.36. The van der Waals surface area contributed by atoms with Gasteiger partial charge < -0.3 is 14.6 Å². The van der Waals surface area contributed by atoms with Gasteiger partial charge in [0.2, 0.25) is 5.95 Å². The SMILES string of the molecule is CCOCCCn1ccnc1NC(C)c1cc(C)sc1C. The van der Waals surface area contributed by atoms with Crippen molar-refractivity contribution in [3.05, 3.63) is 33.8 Å². The lowest BCUT2D eigenvalue weighted by Crippen LogP contribution is -2.12. The van der Waals surface area contributed by atoms with E-state index in [1.165, 1.54) is 15.3 Å². The van der Waals surface area contributed by atoms with Gasteiger partial charge in [-0.05, 0) is 45.7 Å². The van der Waals surface area contributed by atoms with E-state index in [0.29, 0.717) is 0 Å². The minimum absolute atomic E-state index is 0.267. The van der Waals surface area contributed by atoms with Gasteiger partial charge in [0.25, 0.3) is 0 Å². The monoisotopic (exact) mass is 307 g/mol. The fourth-order valence-corrected chi connectivity index (χ4v) is 3.49. The molecule has 0 aliphatic carbocycles. The fourth-order valence-electron chi connectivity index (χ4n) is 2.46. The van der Waals surface area contributed by atoms with Gasteiger partial charge in [0.15, 0.2) is 0 Å². The number of ether oxygens (including phenoxy) is 1. The summed E-state index contributed by atoms with van der Waals surface area (Å²) in [6.07, 6.45) is 4.87. The molecule has 1 unspecified atom stereocenters. The molecule has 2 aromatic rings. The number of aryl methyl sites for hydroxylation is 3. The second-order valence-electron chi connectivity index (χ2n) is 5.23. The second-order valence-corrected chi connectivity index (χ2v) is 6.69. The Morgan fingerprint density at radius 1 is 1.43 bits per heavy atom. The van der Waals surface area contributed by atoms with E-state index in [1.54, 1.807) is 0 Å². The van der Waals surface area contributed by atoms with Crippen LogP contribution in [0.4, 0.5) is 5.95 Å². The maximum atomic E-state index is 5.39. The molecule has 0 aliphatic rings. The van der Waals surface area contributed by atoms with Crippen LogP contribution in [-0.4, -0.2) is 22.8 Å². The summed E-state index contributed by atoms with van der Waals surface area (Å²) in [4.78, 5) is 7.17. The molecule has 0 saturated carbocycles. The number of rotatable bonds is 8. The molecule has 0 radical (unpaired) electrons. The number of hydrogen-bond donors (Lipinski definition) is 1. The molecular formula is C16H25N3OS. The fraction of sp³-hybridized carbons (Fsp3) is 0.562. The van der Waals surface area contributed by atoms with Crippen LogP contribution in [-0.2, 0) is 11.3 Å². The van der Waals surface area contributed by atoms with E-state index in [4.69, 9.17) is 4.74 Å². The van der Waals surface area contributed by atoms with Crippen molar-refractivity contribution in [2.24, 2.45) is 0 Å². The summed E-state index contributed by atoms with van der Waals surface area (Å²) >= 11 is 1.85. The highest BCUT2D eigenvalue weighted by Crippen LogP contribution is 2.28. The average Bonchev–Trinajstić information content (AvgIpc) is 3.01. The molecule has 0 aromatic carbocycles. The smallest absolute Gasteiger partial charge is 0.203 e. The number of anilines is 1. The number of hydrogen-bond acceptors (Lipinski definition) is 4. The van der Waals surface area contributed by atoms with E-state index < -0.39 is 0 Å². The van der Waals surface area contributed by atoms with Crippen molar-refractivity contribution in [3.8, 4) is 0 Å². The first-order chi connectivity index (χ1) is 10.1. The van der Waals surface area contributed by atoms with Gasteiger partial charge in [-0.25, -0.2) is 4.98 Å². The molecule has 0 bridgehead atoms. The second kappa shape index (κ2) is 7.61. The topological polar surface area (TPSA) is 39.1 Å². The van der Waals surface area contributed by atoms with Crippen molar-refractivity contribution >= 4 is 17.3 Å². The molecule has 0 fully saturated rings. The van der Waals surface area contributed by atoms with Crippen molar-refractivity contribution in [2.75, 3.05) is 18.5 Å². The normalized spacial score (nSPS) is 12.6. The maximum absolute atomic E-state index is 5.39. The lowest BCUT2D eigenvalue weighted by molar-refractivity contribution is 0.142. The molecule has 116 valence electrons. The Morgan fingerprint density at radius 3 is 2.90 bits per heavy atom. The number of imidazole rings is 1. The molecule has 0 amide bonds. The summed E-state index contributed by atoms with van der Waals surface area (Å²) in [7, 11) is 0. The third-order valence-corrected chi connectivity index (χ3v) is 4.48. The molecule has 0 aliphatic heterocycles. The van der Waals surface area contributed by atoms with Crippen LogP contribution in [0.1, 0.15) is 41.6 Å². The van der Waals surface area contributed by atoms with Crippen molar-refractivity contribution in [1.29, 1.82) is 0 Å². The average molecular weight is 307 g/mol. The van der Waals surface area contributed by atoms with E-state index in [9.17, 15) is 0 Å². The van der Waals surface area contributed by atoms with Crippen LogP contribution in [0.5, 0.6) is 0 Å². The van der Waals surface area contributed by atoms with E-state index in [0.717, 1.165) is 32.1 Å². The molecule has 0 spiro atoms. The van der Waals surface area contributed by atoms with Crippen molar-refractivity contribution in [3.63, 3.8) is 0 Å². The Bertz CT molecular complexity index is 562. The Labute approximate surface area is 131 Å². The van der Waals surface area contributed by atoms with Crippen molar-refractivity contribution in [1.82, 2.24) is 9.55 Å². The lowest BCUT2D eigenvalue weighted by Gasteiger charge is -2.16. The number of nitrogens with one attached hydrogen (secondary N) is 1. The minimum Gasteiger partial charge on any atom is -0.382 e. The van der Waals surface area contributed by atoms with Gasteiger partial charge in [0.1, 0.15) is 0 Å². The van der Waals surface area contributed by atoms with Crippen LogP contribution in [0.3, 0.4) is 0 Å². The standard InChI is InChI=1S/C16H25N3OS/c1-5-20-10-6-8-19-9-7-17-16(19)18-13(3)15-11-12(2)21-14(15)4/h7,9,11,13H,5-6,8,10H2,1-4H3,(H,17,18). The van der Waals surface area contributed by atoms with Gasteiger partial charge in [0.05, 0.1) is 6.04 Å². The van der Waals surface area contributed by atoms with Crippen LogP contribution in [0.15, 0.2) is 18.5 Å². The highest BCUT2D eigenvalue weighted by Gasteiger charge is 2.13. The first-order valence-corrected chi connectivity index (χ1v) is 8.35. The van der Waals surface area contributed by atoms with Gasteiger partial charge >= 0.3 is 0 Å². The van der Waals surface area contributed by atoms with Crippen LogP contribution in [0, 0.1) is 13.8 Å². The summed E-state index contributed by atoms with van der Waals surface area (Å²) in [5, 5.41) is 3.52. The first-order valence-electron chi connectivity index (χ1n) is 7.54. The van der Waals surface area contributed by atoms with E-state index in [1.807, 2.05) is 30.7 Å². The molecule has 4 nitrogen and oxygen atoms in total. The summed E-state index contributed by atoms with van der Waals surface area (Å²) in [6, 6.07) is 2.53. The third-order valence-electron chi connectivity index (χ3n) is 3.50. The first kappa shape index (κ1) is 16.0. The van der Waals surface area contributed by atoms with Crippen LogP contribution in [0.25, 0.3) is 0 Å². The van der Waals surface area contributed by atoms with E-state index in [-0.39, 0.29) is 6.04 Å². The molecule has 21 heavy (non-hydrogen) atoms. The molecule has 2 aromatic heterocycles. The number of aromatic nitrogens is 2. The maximum Gasteiger partial charge on any atom is 0.203 e. The zero-order valence-electron chi connectivity index (χ0n) is 13.3. The summed E-state index contributed by atoms with van der Waals surface area (Å²) in [6.45, 7) is 11.1. The third kappa shape index (κ3) is 4.32. The van der Waals surface area contributed by atoms with Gasteiger partial charge in [-0.1, -0.05) is 0 Å². The summed E-state index contributed by atoms with van der Waals surface area (Å²) in [5.74, 6) is 0.933. The van der Waals surface area contributed by atoms with Gasteiger partial charge in [0, 0.05) is 41.9 Å². The van der Waals surface area contributed by atoms with Gasteiger partial charge in [-0.15, -0.1) is 11.3 Å². The molecule has 0 saturated heterocycles. The minimum atomic E-state index is 0.267. The highest BCUT2D eigenvalue weighted by molar-refractivity contribution is 7.12. The Morgan fingerprint density at radius 2 is 2.24 bits per heavy atom. The molecule has 1 N–H and O–H groups in total. The zero-order valence-corrected chi connectivity index (χ0v) is 14.2. The van der Waals surface area contributed by atoms with E-state index in [2.05, 4.69) is 41.7 Å². The summed E-state index contributed by atoms with van der Waals surface area (Å²) < 4.78 is 7.54. The van der Waals surface area contributed by atoms with Crippen molar-refractivity contribution in [2.45, 2.75) is 46.7 Å². The van der Waals surface area contributed by atoms with Crippen LogP contribution < -0.4 is 5.32 Å². The zero-order chi connectivity index (χ0) is 15.2. The largest absolute Gasteiger partial charge is 0.382 e. The Balaban J connectivity index is 1.96. The van der Waals surface area contributed by atoms with Gasteiger partial charge in [-0.2, -0.15) is 0 Å². The molecule has 5 heteroatoms. The van der Waals surface area contributed by atoms with Gasteiger partial charge in [-0.3, -0.25) is 0 Å². The predicted octanol–water partition coefficient (Wildman–Crippen LogP) is 4.16. The van der Waals surface area contributed by atoms with Crippen LogP contribution >= 0.6 is 11.3 Å². The quantitative estimate of drug-likeness (QED) is 0.744. The molecular weight excluding hydrogens is 282 g/mol. The molecule has 1 atom stereocenters.